The molecule has 0 bridgehead atoms. The Labute approximate surface area is 100 Å². The van der Waals surface area contributed by atoms with Gasteiger partial charge in [0.2, 0.25) is 0 Å². The van der Waals surface area contributed by atoms with E-state index in [2.05, 4.69) is 12.2 Å². The first-order valence-electron chi connectivity index (χ1n) is 4.90. The molecule has 0 aromatic heterocycles. The van der Waals surface area contributed by atoms with Crippen LogP contribution in [0.1, 0.15) is 13.3 Å². The maximum atomic E-state index is 5.97. The summed E-state index contributed by atoms with van der Waals surface area (Å²) in [6, 6.07) is 6.17. The van der Waals surface area contributed by atoms with Gasteiger partial charge in [0, 0.05) is 24.5 Å². The third kappa shape index (κ3) is 2.08. The van der Waals surface area contributed by atoms with E-state index in [1.807, 2.05) is 30.1 Å². The average Bonchev–Trinajstić information content (AvgIpc) is 2.25. The number of hydrogen-bond acceptors (Lipinski definition) is 2. The monoisotopic (exact) mass is 240 g/mol. The maximum absolute atomic E-state index is 5.97. The number of nitrogens with zero attached hydrogens (tertiary/aromatic N) is 1. The summed E-state index contributed by atoms with van der Waals surface area (Å²) < 4.78 is 0. The quantitative estimate of drug-likeness (QED) is 0.701. The van der Waals surface area contributed by atoms with Crippen LogP contribution in [0.25, 0.3) is 0 Å². The van der Waals surface area contributed by atoms with Crippen molar-refractivity contribution < 1.29 is 0 Å². The minimum absolute atomic E-state index is 0.347. The molecule has 1 N–H and O–H groups in total. The van der Waals surface area contributed by atoms with E-state index >= 15 is 0 Å². The first kappa shape index (κ1) is 10.7. The summed E-state index contributed by atoms with van der Waals surface area (Å²) in [5, 5.41) is 4.16. The van der Waals surface area contributed by atoms with E-state index in [1.54, 1.807) is 0 Å². The fourth-order valence-corrected chi connectivity index (χ4v) is 2.29. The van der Waals surface area contributed by atoms with Crippen LogP contribution in [0.15, 0.2) is 18.2 Å². The van der Waals surface area contributed by atoms with E-state index in [0.717, 1.165) is 27.8 Å². The molecule has 1 aliphatic rings. The molecule has 0 radical (unpaired) electrons. The minimum Gasteiger partial charge on any atom is -0.380 e. The van der Waals surface area contributed by atoms with E-state index in [1.165, 1.54) is 0 Å². The molecule has 0 amide bonds. The van der Waals surface area contributed by atoms with Crippen LogP contribution in [0.5, 0.6) is 0 Å². The number of fused-ring (bicyclic) bond motifs is 1. The van der Waals surface area contributed by atoms with Crippen molar-refractivity contribution in [1.29, 1.82) is 0 Å². The molecule has 1 unspecified atom stereocenters. The van der Waals surface area contributed by atoms with Crippen LogP contribution < -0.4 is 10.2 Å². The van der Waals surface area contributed by atoms with Gasteiger partial charge in [0.15, 0.2) is 0 Å². The standard InChI is InChI=1S/C11H13ClN2S/c1-7-5-11(15)14(2)10-4-3-8(12)6-9(10)13-7/h3-4,6-7,13H,5H2,1-2H3. The number of rotatable bonds is 0. The molecule has 4 heteroatoms. The van der Waals surface area contributed by atoms with E-state index in [4.69, 9.17) is 23.8 Å². The largest absolute Gasteiger partial charge is 0.380 e. The predicted octanol–water partition coefficient (Wildman–Crippen LogP) is 3.31. The smallest absolute Gasteiger partial charge is 0.0842 e. The van der Waals surface area contributed by atoms with Crippen LogP contribution in [-0.2, 0) is 0 Å². The molecule has 1 aliphatic heterocycles. The first-order valence-corrected chi connectivity index (χ1v) is 5.69. The molecule has 1 aromatic rings. The summed E-state index contributed by atoms with van der Waals surface area (Å²) in [5.74, 6) is 0. The first-order chi connectivity index (χ1) is 7.08. The summed E-state index contributed by atoms with van der Waals surface area (Å²) in [4.78, 5) is 2.99. The van der Waals surface area contributed by atoms with Crippen molar-refractivity contribution in [3.8, 4) is 0 Å². The molecular formula is C11H13ClN2S. The van der Waals surface area contributed by atoms with Gasteiger partial charge in [-0.25, -0.2) is 0 Å². The molecular weight excluding hydrogens is 228 g/mol. The minimum atomic E-state index is 0.347. The lowest BCUT2D eigenvalue weighted by molar-refractivity contribution is 0.845. The summed E-state index contributed by atoms with van der Waals surface area (Å²) in [7, 11) is 1.99. The van der Waals surface area contributed by atoms with Gasteiger partial charge in [0.1, 0.15) is 0 Å². The summed E-state index contributed by atoms with van der Waals surface area (Å²) in [6.07, 6.45) is 0.873. The third-order valence-corrected chi connectivity index (χ3v) is 3.25. The Morgan fingerprint density at radius 1 is 1.53 bits per heavy atom. The Morgan fingerprint density at radius 2 is 2.27 bits per heavy atom. The lowest BCUT2D eigenvalue weighted by Crippen LogP contribution is -2.25. The zero-order chi connectivity index (χ0) is 11.0. The van der Waals surface area contributed by atoms with Gasteiger partial charge < -0.3 is 10.2 Å². The lowest BCUT2D eigenvalue weighted by Gasteiger charge is -2.19. The molecule has 0 fully saturated rings. The zero-order valence-electron chi connectivity index (χ0n) is 8.75. The second-order valence-electron chi connectivity index (χ2n) is 3.86. The van der Waals surface area contributed by atoms with Crippen molar-refractivity contribution in [2.75, 3.05) is 17.3 Å². The van der Waals surface area contributed by atoms with Gasteiger partial charge in [0.25, 0.3) is 0 Å². The highest BCUT2D eigenvalue weighted by atomic mass is 35.5. The Hall–Kier alpha value is -0.800. The van der Waals surface area contributed by atoms with E-state index in [9.17, 15) is 0 Å². The molecule has 1 aromatic carbocycles. The van der Waals surface area contributed by atoms with Crippen LogP contribution in [0.4, 0.5) is 11.4 Å². The van der Waals surface area contributed by atoms with Crippen molar-refractivity contribution in [3.05, 3.63) is 23.2 Å². The van der Waals surface area contributed by atoms with Crippen molar-refractivity contribution in [3.63, 3.8) is 0 Å². The number of benzene rings is 1. The van der Waals surface area contributed by atoms with Gasteiger partial charge in [-0.2, -0.15) is 0 Å². The maximum Gasteiger partial charge on any atom is 0.0842 e. The van der Waals surface area contributed by atoms with Crippen molar-refractivity contribution in [1.82, 2.24) is 0 Å². The number of anilines is 2. The Morgan fingerprint density at radius 3 is 3.00 bits per heavy atom. The van der Waals surface area contributed by atoms with Gasteiger partial charge in [-0.05, 0) is 25.1 Å². The Balaban J connectivity index is 2.49. The topological polar surface area (TPSA) is 15.3 Å². The third-order valence-electron chi connectivity index (χ3n) is 2.58. The molecule has 1 heterocycles. The van der Waals surface area contributed by atoms with E-state index in [0.29, 0.717) is 6.04 Å². The molecule has 0 aliphatic carbocycles. The Bertz CT molecular complexity index is 406. The number of nitrogens with one attached hydrogen (secondary N) is 1. The molecule has 0 saturated carbocycles. The summed E-state index contributed by atoms with van der Waals surface area (Å²) in [6.45, 7) is 2.12. The fraction of sp³-hybridized carbons (Fsp3) is 0.364. The predicted molar refractivity (Wildman–Crippen MR) is 70.2 cm³/mol. The zero-order valence-corrected chi connectivity index (χ0v) is 10.3. The fourth-order valence-electron chi connectivity index (χ4n) is 1.77. The second-order valence-corrected chi connectivity index (χ2v) is 4.77. The molecule has 80 valence electrons. The van der Waals surface area contributed by atoms with Gasteiger partial charge in [-0.15, -0.1) is 0 Å². The van der Waals surface area contributed by atoms with Crippen LogP contribution >= 0.6 is 23.8 Å². The number of halogens is 1. The molecule has 2 rings (SSSR count). The van der Waals surface area contributed by atoms with Crippen molar-refractivity contribution >= 4 is 40.2 Å². The SMILES string of the molecule is CC1CC(=S)N(C)c2ccc(Cl)cc2N1. The summed E-state index contributed by atoms with van der Waals surface area (Å²) >= 11 is 11.3. The highest BCUT2D eigenvalue weighted by Gasteiger charge is 2.19. The van der Waals surface area contributed by atoms with E-state index < -0.39 is 0 Å². The highest BCUT2D eigenvalue weighted by Crippen LogP contribution is 2.32. The normalized spacial score (nSPS) is 20.6. The second kappa shape index (κ2) is 3.99. The van der Waals surface area contributed by atoms with Crippen LogP contribution in [-0.4, -0.2) is 18.1 Å². The molecule has 15 heavy (non-hydrogen) atoms. The van der Waals surface area contributed by atoms with Crippen molar-refractivity contribution in [2.45, 2.75) is 19.4 Å². The van der Waals surface area contributed by atoms with Crippen LogP contribution in [0.3, 0.4) is 0 Å². The number of hydrogen-bond donors (Lipinski definition) is 1. The van der Waals surface area contributed by atoms with Crippen molar-refractivity contribution in [2.24, 2.45) is 0 Å². The van der Waals surface area contributed by atoms with Crippen LogP contribution in [0, 0.1) is 0 Å². The molecule has 0 saturated heterocycles. The number of thiocarbonyl (C=S) groups is 1. The van der Waals surface area contributed by atoms with Gasteiger partial charge in [0.05, 0.1) is 16.4 Å². The molecule has 0 spiro atoms. The van der Waals surface area contributed by atoms with Gasteiger partial charge >= 0.3 is 0 Å². The lowest BCUT2D eigenvalue weighted by atomic mass is 10.2. The molecule has 1 atom stereocenters. The Kier molecular flexibility index (Phi) is 2.85. The highest BCUT2D eigenvalue weighted by molar-refractivity contribution is 7.80. The summed E-state index contributed by atoms with van der Waals surface area (Å²) in [5.41, 5.74) is 2.14. The van der Waals surface area contributed by atoms with E-state index in [-0.39, 0.29) is 0 Å². The average molecular weight is 241 g/mol. The van der Waals surface area contributed by atoms with Gasteiger partial charge in [-0.1, -0.05) is 23.8 Å². The van der Waals surface area contributed by atoms with Gasteiger partial charge in [-0.3, -0.25) is 0 Å². The molecule has 2 nitrogen and oxygen atoms in total. The van der Waals surface area contributed by atoms with Crippen LogP contribution in [0.2, 0.25) is 5.02 Å².